The van der Waals surface area contributed by atoms with E-state index < -0.39 is 18.2 Å². The van der Waals surface area contributed by atoms with Crippen molar-refractivity contribution in [2.75, 3.05) is 6.61 Å². The number of carbonyl (C=O) groups excluding carboxylic acids is 1. The molecule has 5 heteroatoms. The summed E-state index contributed by atoms with van der Waals surface area (Å²) in [6.07, 6.45) is -1.47. The van der Waals surface area contributed by atoms with Gasteiger partial charge in [-0.2, -0.15) is 0 Å². The fourth-order valence-corrected chi connectivity index (χ4v) is 0.458. The van der Waals surface area contributed by atoms with Crippen molar-refractivity contribution in [1.29, 1.82) is 0 Å². The third-order valence-corrected chi connectivity index (χ3v) is 0.793. The van der Waals surface area contributed by atoms with Gasteiger partial charge < -0.3 is 14.6 Å². The highest BCUT2D eigenvalue weighted by molar-refractivity contribution is 5.75. The quantitative estimate of drug-likeness (QED) is 0.465. The molecule has 0 saturated heterocycles. The van der Waals surface area contributed by atoms with E-state index >= 15 is 0 Å². The summed E-state index contributed by atoms with van der Waals surface area (Å²) in [5, 5.41) is 8.35. The van der Waals surface area contributed by atoms with Crippen molar-refractivity contribution in [3.05, 3.63) is 0 Å². The summed E-state index contributed by atoms with van der Waals surface area (Å²) in [4.78, 5) is 20.5. The lowest BCUT2D eigenvalue weighted by Crippen LogP contribution is -2.28. The van der Waals surface area contributed by atoms with E-state index in [2.05, 4.69) is 9.47 Å². The molecule has 1 unspecified atom stereocenters. The highest BCUT2D eigenvalue weighted by atomic mass is 16.7. The Balaban J connectivity index is 3.89. The van der Waals surface area contributed by atoms with Crippen LogP contribution in [0.3, 0.4) is 0 Å². The first-order valence-electron chi connectivity index (χ1n) is 3.09. The van der Waals surface area contributed by atoms with Gasteiger partial charge in [0.2, 0.25) is 0 Å². The summed E-state index contributed by atoms with van der Waals surface area (Å²) < 4.78 is 8.86. The van der Waals surface area contributed by atoms with Crippen LogP contribution in [0.5, 0.6) is 0 Å². The van der Waals surface area contributed by atoms with Crippen LogP contribution in [0.25, 0.3) is 0 Å². The van der Waals surface area contributed by atoms with Crippen LogP contribution in [0, 0.1) is 0 Å². The van der Waals surface area contributed by atoms with E-state index in [0.717, 1.165) is 6.92 Å². The molecular weight excluding hydrogens is 152 g/mol. The van der Waals surface area contributed by atoms with E-state index in [4.69, 9.17) is 5.11 Å². The summed E-state index contributed by atoms with van der Waals surface area (Å²) in [6, 6.07) is 0. The number of carboxylic acid groups (broad SMARTS) is 1. The van der Waals surface area contributed by atoms with Gasteiger partial charge in [-0.15, -0.1) is 0 Å². The van der Waals surface area contributed by atoms with Gasteiger partial charge in [-0.3, -0.25) is 4.79 Å². The van der Waals surface area contributed by atoms with Gasteiger partial charge in [0.25, 0.3) is 0 Å². The van der Waals surface area contributed by atoms with Crippen LogP contribution in [-0.2, 0) is 19.1 Å². The van der Waals surface area contributed by atoms with Crippen LogP contribution in [0.4, 0.5) is 0 Å². The molecule has 0 aliphatic heterocycles. The minimum atomic E-state index is -1.47. The lowest BCUT2D eigenvalue weighted by molar-refractivity contribution is -0.194. The Morgan fingerprint density at radius 2 is 2.09 bits per heavy atom. The molecule has 11 heavy (non-hydrogen) atoms. The maximum atomic E-state index is 10.3. The van der Waals surface area contributed by atoms with E-state index in [1.165, 1.54) is 0 Å². The van der Waals surface area contributed by atoms with E-state index in [0.29, 0.717) is 0 Å². The van der Waals surface area contributed by atoms with Crippen molar-refractivity contribution < 1.29 is 24.2 Å². The smallest absolute Gasteiger partial charge is 0.374 e. The van der Waals surface area contributed by atoms with Gasteiger partial charge in [-0.25, -0.2) is 4.79 Å². The predicted molar refractivity (Wildman–Crippen MR) is 34.8 cm³/mol. The van der Waals surface area contributed by atoms with Gasteiger partial charge in [-0.1, -0.05) is 0 Å². The molecule has 5 nitrogen and oxygen atoms in total. The van der Waals surface area contributed by atoms with E-state index in [1.807, 2.05) is 0 Å². The predicted octanol–water partition coefficient (Wildman–Crippen LogP) is -0.00330. The van der Waals surface area contributed by atoms with Crippen molar-refractivity contribution in [1.82, 2.24) is 0 Å². The van der Waals surface area contributed by atoms with Gasteiger partial charge in [-0.05, 0) is 6.92 Å². The lowest BCUT2D eigenvalue weighted by atomic mass is 10.6. The van der Waals surface area contributed by atoms with Gasteiger partial charge in [0.1, 0.15) is 0 Å². The molecule has 0 fully saturated rings. The average molecular weight is 162 g/mol. The van der Waals surface area contributed by atoms with E-state index in [1.54, 1.807) is 6.92 Å². The molecule has 1 N–H and O–H groups in total. The van der Waals surface area contributed by atoms with E-state index in [-0.39, 0.29) is 6.61 Å². The Hall–Kier alpha value is -1.10. The zero-order chi connectivity index (χ0) is 8.85. The Labute approximate surface area is 63.9 Å². The molecule has 0 aromatic rings. The largest absolute Gasteiger partial charge is 0.477 e. The van der Waals surface area contributed by atoms with E-state index in [9.17, 15) is 9.59 Å². The molecular formula is C6H10O5. The van der Waals surface area contributed by atoms with Crippen molar-refractivity contribution >= 4 is 11.9 Å². The lowest BCUT2D eigenvalue weighted by Gasteiger charge is -2.10. The van der Waals surface area contributed by atoms with Crippen LogP contribution in [0.15, 0.2) is 0 Å². The van der Waals surface area contributed by atoms with Crippen LogP contribution in [0.2, 0.25) is 0 Å². The second kappa shape index (κ2) is 4.68. The maximum Gasteiger partial charge on any atom is 0.374 e. The Kier molecular flexibility index (Phi) is 4.21. The van der Waals surface area contributed by atoms with Crippen molar-refractivity contribution in [3.8, 4) is 0 Å². The summed E-state index contributed by atoms with van der Waals surface area (Å²) in [5.74, 6) is -1.98. The minimum absolute atomic E-state index is 0.185. The molecule has 0 rings (SSSR count). The molecule has 0 amide bonds. The first-order valence-corrected chi connectivity index (χ1v) is 3.09. The molecule has 0 aromatic carbocycles. The number of carbonyl (C=O) groups is 2. The number of hydrogen-bond acceptors (Lipinski definition) is 4. The molecule has 0 bridgehead atoms. The molecule has 0 heterocycles. The molecule has 0 aliphatic carbocycles. The Bertz CT molecular complexity index is 153. The Morgan fingerprint density at radius 1 is 1.55 bits per heavy atom. The van der Waals surface area contributed by atoms with Crippen LogP contribution < -0.4 is 0 Å². The van der Waals surface area contributed by atoms with Gasteiger partial charge in [0.15, 0.2) is 0 Å². The van der Waals surface area contributed by atoms with Crippen molar-refractivity contribution in [2.45, 2.75) is 20.1 Å². The van der Waals surface area contributed by atoms with Crippen LogP contribution in [0.1, 0.15) is 13.8 Å². The first-order chi connectivity index (χ1) is 5.07. The highest BCUT2D eigenvalue weighted by Gasteiger charge is 2.19. The molecule has 64 valence electrons. The number of ether oxygens (including phenoxy) is 2. The zero-order valence-corrected chi connectivity index (χ0v) is 6.36. The molecule has 0 saturated carbocycles. The Morgan fingerprint density at radius 3 is 2.36 bits per heavy atom. The maximum absolute atomic E-state index is 10.3. The number of carboxylic acids is 1. The van der Waals surface area contributed by atoms with Gasteiger partial charge in [0, 0.05) is 13.5 Å². The zero-order valence-electron chi connectivity index (χ0n) is 6.36. The fraction of sp³-hybridized carbons (Fsp3) is 0.667. The molecule has 0 spiro atoms. The SMILES string of the molecule is CCOC(OC(C)=O)C(=O)O. The van der Waals surface area contributed by atoms with Gasteiger partial charge >= 0.3 is 18.2 Å². The third-order valence-electron chi connectivity index (χ3n) is 0.793. The normalized spacial score (nSPS) is 12.2. The average Bonchev–Trinajstić information content (AvgIpc) is 1.86. The monoisotopic (exact) mass is 162 g/mol. The number of esters is 1. The molecule has 1 atom stereocenters. The standard InChI is InChI=1S/C6H10O5/c1-3-10-6(5(8)9)11-4(2)7/h6H,3H2,1-2H3,(H,8,9). The summed E-state index contributed by atoms with van der Waals surface area (Å²) in [5.41, 5.74) is 0. The number of aliphatic carboxylic acids is 1. The first kappa shape index (κ1) is 9.90. The topological polar surface area (TPSA) is 72.8 Å². The third kappa shape index (κ3) is 4.32. The fourth-order valence-electron chi connectivity index (χ4n) is 0.458. The summed E-state index contributed by atoms with van der Waals surface area (Å²) in [6.45, 7) is 2.92. The number of hydrogen-bond donors (Lipinski definition) is 1. The van der Waals surface area contributed by atoms with Crippen LogP contribution >= 0.6 is 0 Å². The molecule has 0 aliphatic rings. The summed E-state index contributed by atoms with van der Waals surface area (Å²) in [7, 11) is 0. The van der Waals surface area contributed by atoms with Gasteiger partial charge in [0.05, 0.1) is 0 Å². The molecule has 0 radical (unpaired) electrons. The second-order valence-corrected chi connectivity index (χ2v) is 1.73. The second-order valence-electron chi connectivity index (χ2n) is 1.73. The molecule has 0 aromatic heterocycles. The summed E-state index contributed by atoms with van der Waals surface area (Å²) >= 11 is 0. The van der Waals surface area contributed by atoms with Crippen LogP contribution in [-0.4, -0.2) is 29.9 Å². The van der Waals surface area contributed by atoms with Crippen molar-refractivity contribution in [3.63, 3.8) is 0 Å². The minimum Gasteiger partial charge on any atom is -0.477 e. The van der Waals surface area contributed by atoms with Crippen molar-refractivity contribution in [2.24, 2.45) is 0 Å². The highest BCUT2D eigenvalue weighted by Crippen LogP contribution is 1.95. The number of rotatable bonds is 4.